The van der Waals surface area contributed by atoms with Crippen LogP contribution in [0, 0.1) is 0 Å². The Labute approximate surface area is 111 Å². The van der Waals surface area contributed by atoms with Gasteiger partial charge in [-0.15, -0.1) is 0 Å². The van der Waals surface area contributed by atoms with Gasteiger partial charge in [0.25, 0.3) is 0 Å². The fraction of sp³-hybridized carbons (Fsp3) is 0.455. The molecular weight excluding hydrogens is 315 g/mol. The second kappa shape index (κ2) is 6.40. The number of aliphatic hydroxyl groups is 1. The fourth-order valence-corrected chi connectivity index (χ4v) is 1.81. The van der Waals surface area contributed by atoms with Gasteiger partial charge in [-0.2, -0.15) is 13.2 Å². The molecular formula is C11H13BrF3NO2. The standard InChI is InChI=1S/C11H13BrF3NO2/c1-18-6-8(17)5-16-7-2-3-10(12)9(4-7)11(13,14)15/h2-4,8,16-17H,5-6H2,1H3. The second-order valence-electron chi connectivity index (χ2n) is 3.68. The molecule has 0 radical (unpaired) electrons. The average Bonchev–Trinajstić information content (AvgIpc) is 2.27. The smallest absolute Gasteiger partial charge is 0.389 e. The van der Waals surface area contributed by atoms with Gasteiger partial charge in [0.2, 0.25) is 0 Å². The highest BCUT2D eigenvalue weighted by atomic mass is 79.9. The van der Waals surface area contributed by atoms with Crippen molar-refractivity contribution < 1.29 is 23.0 Å². The molecule has 0 saturated heterocycles. The average molecular weight is 328 g/mol. The van der Waals surface area contributed by atoms with Crippen LogP contribution in [0.4, 0.5) is 18.9 Å². The number of methoxy groups -OCH3 is 1. The van der Waals surface area contributed by atoms with Crippen molar-refractivity contribution in [2.75, 3.05) is 25.6 Å². The molecule has 1 aromatic rings. The van der Waals surface area contributed by atoms with Crippen LogP contribution in [0.2, 0.25) is 0 Å². The van der Waals surface area contributed by atoms with Crippen LogP contribution >= 0.6 is 15.9 Å². The Kier molecular flexibility index (Phi) is 5.43. The van der Waals surface area contributed by atoms with Crippen LogP contribution < -0.4 is 5.32 Å². The van der Waals surface area contributed by atoms with E-state index in [1.807, 2.05) is 0 Å². The van der Waals surface area contributed by atoms with E-state index in [0.717, 1.165) is 6.07 Å². The third-order valence-electron chi connectivity index (χ3n) is 2.17. The van der Waals surface area contributed by atoms with Gasteiger partial charge < -0.3 is 15.2 Å². The van der Waals surface area contributed by atoms with Crippen molar-refractivity contribution in [3.63, 3.8) is 0 Å². The normalized spacial score (nSPS) is 13.4. The quantitative estimate of drug-likeness (QED) is 0.873. The summed E-state index contributed by atoms with van der Waals surface area (Å²) in [5.74, 6) is 0. The first kappa shape index (κ1) is 15.3. The predicted octanol–water partition coefficient (Wildman–Crippen LogP) is 2.89. The zero-order chi connectivity index (χ0) is 13.8. The Hall–Kier alpha value is -0.790. The first-order chi connectivity index (χ1) is 8.34. The minimum absolute atomic E-state index is 0.0158. The Balaban J connectivity index is 2.74. The van der Waals surface area contributed by atoms with Crippen LogP contribution in [-0.4, -0.2) is 31.5 Å². The molecule has 1 rings (SSSR count). The zero-order valence-electron chi connectivity index (χ0n) is 9.59. The highest BCUT2D eigenvalue weighted by Gasteiger charge is 2.33. The summed E-state index contributed by atoms with van der Waals surface area (Å²) in [5, 5.41) is 12.1. The van der Waals surface area contributed by atoms with Gasteiger partial charge in [-0.1, -0.05) is 15.9 Å². The number of aliphatic hydroxyl groups excluding tert-OH is 1. The lowest BCUT2D eigenvalue weighted by molar-refractivity contribution is -0.138. The monoisotopic (exact) mass is 327 g/mol. The highest BCUT2D eigenvalue weighted by Crippen LogP contribution is 2.36. The molecule has 3 nitrogen and oxygen atoms in total. The SMILES string of the molecule is COCC(O)CNc1ccc(Br)c(C(F)(F)F)c1. The molecule has 0 aliphatic carbocycles. The summed E-state index contributed by atoms with van der Waals surface area (Å²) >= 11 is 2.85. The molecule has 7 heteroatoms. The summed E-state index contributed by atoms with van der Waals surface area (Å²) < 4.78 is 42.6. The summed E-state index contributed by atoms with van der Waals surface area (Å²) in [6, 6.07) is 3.80. The summed E-state index contributed by atoms with van der Waals surface area (Å²) in [7, 11) is 1.44. The van der Waals surface area contributed by atoms with Crippen LogP contribution in [0.25, 0.3) is 0 Å². The molecule has 0 amide bonds. The number of alkyl halides is 3. The first-order valence-corrected chi connectivity index (χ1v) is 5.91. The van der Waals surface area contributed by atoms with E-state index in [-0.39, 0.29) is 17.6 Å². The lowest BCUT2D eigenvalue weighted by Crippen LogP contribution is -2.24. The number of hydrogen-bond donors (Lipinski definition) is 2. The first-order valence-electron chi connectivity index (χ1n) is 5.12. The topological polar surface area (TPSA) is 41.5 Å². The van der Waals surface area contributed by atoms with Gasteiger partial charge in [-0.05, 0) is 18.2 Å². The summed E-state index contributed by atoms with van der Waals surface area (Å²) in [5.41, 5.74) is -0.464. The Morgan fingerprint density at radius 1 is 1.44 bits per heavy atom. The van der Waals surface area contributed by atoms with Crippen LogP contribution in [-0.2, 0) is 10.9 Å². The van der Waals surface area contributed by atoms with Gasteiger partial charge in [-0.3, -0.25) is 0 Å². The predicted molar refractivity (Wildman–Crippen MR) is 65.5 cm³/mol. The van der Waals surface area contributed by atoms with E-state index in [1.165, 1.54) is 19.2 Å². The molecule has 0 saturated carbocycles. The molecule has 2 N–H and O–H groups in total. The number of benzene rings is 1. The molecule has 0 aliphatic rings. The maximum atomic E-state index is 12.6. The van der Waals surface area contributed by atoms with E-state index in [9.17, 15) is 18.3 Å². The number of anilines is 1. The molecule has 18 heavy (non-hydrogen) atoms. The van der Waals surface area contributed by atoms with E-state index in [2.05, 4.69) is 21.2 Å². The molecule has 1 unspecified atom stereocenters. The van der Waals surface area contributed by atoms with Crippen molar-refractivity contribution in [3.05, 3.63) is 28.2 Å². The molecule has 0 heterocycles. The molecule has 0 bridgehead atoms. The van der Waals surface area contributed by atoms with Gasteiger partial charge in [0.15, 0.2) is 0 Å². The number of rotatable bonds is 5. The number of ether oxygens (including phenoxy) is 1. The minimum atomic E-state index is -4.42. The van der Waals surface area contributed by atoms with Crippen molar-refractivity contribution in [3.8, 4) is 0 Å². The lowest BCUT2D eigenvalue weighted by atomic mass is 10.2. The third kappa shape index (κ3) is 4.47. The second-order valence-corrected chi connectivity index (χ2v) is 4.54. The van der Waals surface area contributed by atoms with Crippen molar-refractivity contribution in [2.24, 2.45) is 0 Å². The largest absolute Gasteiger partial charge is 0.417 e. The van der Waals surface area contributed by atoms with E-state index in [4.69, 9.17) is 4.74 Å². The van der Waals surface area contributed by atoms with Gasteiger partial charge in [0.1, 0.15) is 0 Å². The maximum absolute atomic E-state index is 12.6. The van der Waals surface area contributed by atoms with Crippen molar-refractivity contribution in [1.82, 2.24) is 0 Å². The number of nitrogens with one attached hydrogen (secondary N) is 1. The molecule has 0 spiro atoms. The van der Waals surface area contributed by atoms with Crippen molar-refractivity contribution in [2.45, 2.75) is 12.3 Å². The number of hydrogen-bond acceptors (Lipinski definition) is 3. The minimum Gasteiger partial charge on any atom is -0.389 e. The van der Waals surface area contributed by atoms with E-state index >= 15 is 0 Å². The Bertz CT molecular complexity index is 398. The molecule has 1 atom stereocenters. The van der Waals surface area contributed by atoms with Crippen LogP contribution in [0.5, 0.6) is 0 Å². The lowest BCUT2D eigenvalue weighted by Gasteiger charge is -2.14. The van der Waals surface area contributed by atoms with Gasteiger partial charge in [0, 0.05) is 23.8 Å². The van der Waals surface area contributed by atoms with Gasteiger partial charge in [0.05, 0.1) is 18.3 Å². The fourth-order valence-electron chi connectivity index (χ4n) is 1.34. The van der Waals surface area contributed by atoms with Gasteiger partial charge in [-0.25, -0.2) is 0 Å². The molecule has 0 aliphatic heterocycles. The highest BCUT2D eigenvalue weighted by molar-refractivity contribution is 9.10. The van der Waals surface area contributed by atoms with E-state index in [1.54, 1.807) is 0 Å². The number of halogens is 4. The zero-order valence-corrected chi connectivity index (χ0v) is 11.2. The van der Waals surface area contributed by atoms with E-state index < -0.39 is 17.8 Å². The summed E-state index contributed by atoms with van der Waals surface area (Å²) in [4.78, 5) is 0. The molecule has 0 fully saturated rings. The van der Waals surface area contributed by atoms with Crippen LogP contribution in [0.1, 0.15) is 5.56 Å². The van der Waals surface area contributed by atoms with E-state index in [0.29, 0.717) is 5.69 Å². The summed E-state index contributed by atoms with van der Waals surface area (Å²) in [6.07, 6.45) is -5.19. The maximum Gasteiger partial charge on any atom is 0.417 e. The third-order valence-corrected chi connectivity index (χ3v) is 2.86. The molecule has 1 aromatic carbocycles. The van der Waals surface area contributed by atoms with Crippen molar-refractivity contribution in [1.29, 1.82) is 0 Å². The van der Waals surface area contributed by atoms with Crippen molar-refractivity contribution >= 4 is 21.6 Å². The Morgan fingerprint density at radius 2 is 2.11 bits per heavy atom. The van der Waals surface area contributed by atoms with Crippen LogP contribution in [0.15, 0.2) is 22.7 Å². The molecule has 102 valence electrons. The van der Waals surface area contributed by atoms with Gasteiger partial charge >= 0.3 is 6.18 Å². The Morgan fingerprint density at radius 3 is 2.67 bits per heavy atom. The van der Waals surface area contributed by atoms with Crippen LogP contribution in [0.3, 0.4) is 0 Å². The molecule has 0 aromatic heterocycles. The summed E-state index contributed by atoms with van der Waals surface area (Å²) in [6.45, 7) is 0.239.